The zero-order valence-corrected chi connectivity index (χ0v) is 17.6. The average Bonchev–Trinajstić information content (AvgIpc) is 3.01. The summed E-state index contributed by atoms with van der Waals surface area (Å²) in [7, 11) is 1.60. The Hall–Kier alpha value is -2.13. The molecule has 0 radical (unpaired) electrons. The zero-order valence-electron chi connectivity index (χ0n) is 16.8. The Labute approximate surface area is 168 Å². The Balaban J connectivity index is 2.13. The summed E-state index contributed by atoms with van der Waals surface area (Å²) in [6, 6.07) is 6.07. The molecule has 0 aliphatic heterocycles. The van der Waals surface area contributed by atoms with Crippen molar-refractivity contribution in [3.63, 3.8) is 0 Å². The number of para-hydroxylation sites is 1. The Morgan fingerprint density at radius 1 is 1.29 bits per heavy atom. The first-order valence-corrected chi connectivity index (χ1v) is 9.84. The van der Waals surface area contributed by atoms with Crippen molar-refractivity contribution in [1.82, 2.24) is 14.8 Å². The van der Waals surface area contributed by atoms with E-state index in [4.69, 9.17) is 14.2 Å². The number of aromatic nitrogens is 3. The summed E-state index contributed by atoms with van der Waals surface area (Å²) >= 11 is 1.23. The van der Waals surface area contributed by atoms with Crippen molar-refractivity contribution in [1.29, 1.82) is 0 Å². The molecule has 0 amide bonds. The molecule has 9 heteroatoms. The van der Waals surface area contributed by atoms with Crippen molar-refractivity contribution >= 4 is 17.7 Å². The molecule has 0 bridgehead atoms. The Morgan fingerprint density at radius 2 is 2.00 bits per heavy atom. The normalized spacial score (nSPS) is 12.6. The van der Waals surface area contributed by atoms with Gasteiger partial charge in [0.25, 0.3) is 0 Å². The third-order valence-corrected chi connectivity index (χ3v) is 4.43. The van der Waals surface area contributed by atoms with E-state index >= 15 is 0 Å². The number of hydrogen-bond acceptors (Lipinski definition) is 7. The number of ether oxygens (including phenoxy) is 3. The highest BCUT2D eigenvalue weighted by molar-refractivity contribution is 7.99. The van der Waals surface area contributed by atoms with Crippen LogP contribution in [-0.4, -0.2) is 45.8 Å². The van der Waals surface area contributed by atoms with Crippen LogP contribution in [0.15, 0.2) is 29.4 Å². The molecule has 0 saturated heterocycles. The van der Waals surface area contributed by atoms with E-state index in [1.165, 1.54) is 17.8 Å². The van der Waals surface area contributed by atoms with Crippen molar-refractivity contribution in [3.8, 4) is 5.75 Å². The van der Waals surface area contributed by atoms with Gasteiger partial charge in [-0.15, -0.1) is 10.2 Å². The van der Waals surface area contributed by atoms with E-state index in [2.05, 4.69) is 10.2 Å². The molecular formula is C19H26FN3O4S. The third-order valence-electron chi connectivity index (χ3n) is 3.52. The maximum Gasteiger partial charge on any atom is 0.316 e. The fourth-order valence-corrected chi connectivity index (χ4v) is 3.29. The number of esters is 1. The van der Waals surface area contributed by atoms with Gasteiger partial charge in [-0.1, -0.05) is 23.9 Å². The third kappa shape index (κ3) is 6.49. The molecule has 0 fully saturated rings. The molecule has 2 aromatic rings. The first-order valence-electron chi connectivity index (χ1n) is 8.86. The van der Waals surface area contributed by atoms with Crippen LogP contribution in [0.4, 0.5) is 4.39 Å². The lowest BCUT2D eigenvalue weighted by atomic mass is 10.2. The van der Waals surface area contributed by atoms with Gasteiger partial charge in [-0.25, -0.2) is 4.39 Å². The number of carbonyl (C=O) groups excluding carboxylic acids is 1. The van der Waals surface area contributed by atoms with Crippen molar-refractivity contribution < 1.29 is 23.4 Å². The first kappa shape index (κ1) is 22.2. The molecular weight excluding hydrogens is 385 g/mol. The van der Waals surface area contributed by atoms with E-state index in [9.17, 15) is 9.18 Å². The van der Waals surface area contributed by atoms with Crippen LogP contribution in [0.5, 0.6) is 5.75 Å². The van der Waals surface area contributed by atoms with E-state index in [0.29, 0.717) is 17.6 Å². The number of hydrogen-bond donors (Lipinski definition) is 0. The summed E-state index contributed by atoms with van der Waals surface area (Å²) in [5, 5.41) is 8.86. The van der Waals surface area contributed by atoms with Gasteiger partial charge < -0.3 is 14.2 Å². The van der Waals surface area contributed by atoms with Gasteiger partial charge in [0.05, 0.1) is 18.4 Å². The average molecular weight is 411 g/mol. The smallest absolute Gasteiger partial charge is 0.316 e. The van der Waals surface area contributed by atoms with E-state index in [0.717, 1.165) is 0 Å². The molecule has 0 saturated carbocycles. The van der Waals surface area contributed by atoms with Crippen molar-refractivity contribution in [2.24, 2.45) is 0 Å². The van der Waals surface area contributed by atoms with Gasteiger partial charge in [-0.3, -0.25) is 9.36 Å². The fraction of sp³-hybridized carbons (Fsp3) is 0.526. The van der Waals surface area contributed by atoms with Crippen LogP contribution in [0.3, 0.4) is 0 Å². The number of halogens is 1. The molecule has 1 aromatic heterocycles. The van der Waals surface area contributed by atoms with Crippen molar-refractivity contribution in [2.75, 3.05) is 19.5 Å². The second-order valence-corrected chi connectivity index (χ2v) is 8.11. The van der Waals surface area contributed by atoms with Crippen LogP contribution in [0, 0.1) is 5.82 Å². The highest BCUT2D eigenvalue weighted by Gasteiger charge is 2.21. The lowest BCUT2D eigenvalue weighted by Gasteiger charge is -2.20. The number of rotatable bonds is 9. The lowest BCUT2D eigenvalue weighted by molar-refractivity contribution is -0.151. The van der Waals surface area contributed by atoms with Crippen molar-refractivity contribution in [2.45, 2.75) is 51.1 Å². The van der Waals surface area contributed by atoms with Crippen LogP contribution in [0.1, 0.15) is 39.6 Å². The zero-order chi connectivity index (χ0) is 20.7. The summed E-state index contributed by atoms with van der Waals surface area (Å²) in [5.41, 5.74) is -0.548. The number of nitrogens with zero attached hydrogens (tertiary/aromatic N) is 3. The number of thioether (sulfide) groups is 1. The minimum atomic E-state index is -0.548. The molecule has 1 atom stereocenters. The molecule has 154 valence electrons. The Morgan fingerprint density at radius 3 is 2.64 bits per heavy atom. The number of carbonyl (C=O) groups is 1. The Kier molecular flexibility index (Phi) is 7.82. The van der Waals surface area contributed by atoms with E-state index < -0.39 is 11.4 Å². The minimum absolute atomic E-state index is 0.0367. The topological polar surface area (TPSA) is 75.5 Å². The maximum atomic E-state index is 13.8. The molecule has 2 rings (SSSR count). The van der Waals surface area contributed by atoms with Gasteiger partial charge in [-0.2, -0.15) is 0 Å². The van der Waals surface area contributed by atoms with Crippen molar-refractivity contribution in [3.05, 3.63) is 35.9 Å². The monoisotopic (exact) mass is 411 g/mol. The molecule has 28 heavy (non-hydrogen) atoms. The van der Waals surface area contributed by atoms with Crippen LogP contribution in [-0.2, 0) is 20.9 Å². The van der Waals surface area contributed by atoms with Crippen LogP contribution in [0.2, 0.25) is 0 Å². The maximum absolute atomic E-state index is 13.8. The van der Waals surface area contributed by atoms with E-state index in [-0.39, 0.29) is 30.1 Å². The molecule has 0 unspecified atom stereocenters. The van der Waals surface area contributed by atoms with Gasteiger partial charge >= 0.3 is 5.97 Å². The van der Waals surface area contributed by atoms with Gasteiger partial charge in [0.15, 0.2) is 22.5 Å². The predicted molar refractivity (Wildman–Crippen MR) is 104 cm³/mol. The molecule has 0 aliphatic carbocycles. The highest BCUT2D eigenvalue weighted by Crippen LogP contribution is 2.24. The highest BCUT2D eigenvalue weighted by atomic mass is 32.2. The second kappa shape index (κ2) is 9.88. The molecule has 1 heterocycles. The summed E-state index contributed by atoms with van der Waals surface area (Å²) in [6.07, 6.45) is 0. The Bertz CT molecular complexity index is 792. The summed E-state index contributed by atoms with van der Waals surface area (Å²) in [6.45, 7) is 7.85. The predicted octanol–water partition coefficient (Wildman–Crippen LogP) is 3.64. The van der Waals surface area contributed by atoms with E-state index in [1.54, 1.807) is 25.3 Å². The lowest BCUT2D eigenvalue weighted by Crippen LogP contribution is -2.25. The minimum Gasteiger partial charge on any atom is -0.483 e. The second-order valence-electron chi connectivity index (χ2n) is 7.17. The molecule has 0 aliphatic rings. The quantitative estimate of drug-likeness (QED) is 0.461. The first-order chi connectivity index (χ1) is 13.2. The standard InChI is InChI=1S/C19H26FN3O4S/c1-13(10-25-5)23-16(11-26-15-9-7-6-8-14(15)20)21-22-18(23)28-12-17(24)27-19(2,3)4/h6-9,13H,10-12H2,1-5H3/t13-/m1/s1. The van der Waals surface area contributed by atoms with Gasteiger partial charge in [0.2, 0.25) is 0 Å². The largest absolute Gasteiger partial charge is 0.483 e. The van der Waals surface area contributed by atoms with Gasteiger partial charge in [0, 0.05) is 7.11 Å². The SMILES string of the molecule is COC[C@@H](C)n1c(COc2ccccc2F)nnc1SCC(=O)OC(C)(C)C. The van der Waals surface area contributed by atoms with E-state index in [1.807, 2.05) is 32.3 Å². The van der Waals surface area contributed by atoms with Gasteiger partial charge in [-0.05, 0) is 39.8 Å². The summed E-state index contributed by atoms with van der Waals surface area (Å²) < 4.78 is 31.7. The van der Waals surface area contributed by atoms with Crippen LogP contribution >= 0.6 is 11.8 Å². The molecule has 0 spiro atoms. The molecule has 7 nitrogen and oxygen atoms in total. The fourth-order valence-electron chi connectivity index (χ4n) is 2.46. The molecule has 1 aromatic carbocycles. The summed E-state index contributed by atoms with van der Waals surface area (Å²) in [4.78, 5) is 12.0. The number of methoxy groups -OCH3 is 1. The van der Waals surface area contributed by atoms with Crippen LogP contribution in [0.25, 0.3) is 0 Å². The number of benzene rings is 1. The summed E-state index contributed by atoms with van der Waals surface area (Å²) in [5.74, 6) is -0.0314. The van der Waals surface area contributed by atoms with Crippen LogP contribution < -0.4 is 4.74 Å². The molecule has 0 N–H and O–H groups in total. The van der Waals surface area contributed by atoms with Gasteiger partial charge in [0.1, 0.15) is 12.2 Å².